The second-order valence-electron chi connectivity index (χ2n) is 7.62. The Balaban J connectivity index is 1.51. The van der Waals surface area contributed by atoms with E-state index in [0.29, 0.717) is 6.04 Å². The van der Waals surface area contributed by atoms with Crippen LogP contribution < -0.4 is 16.0 Å². The number of carbonyl (C=O) groups excluding carboxylic acids is 1. The maximum atomic E-state index is 12.3. The van der Waals surface area contributed by atoms with E-state index in [1.807, 2.05) is 48.5 Å². The van der Waals surface area contributed by atoms with Crippen LogP contribution in [-0.2, 0) is 6.54 Å². The third-order valence-electron chi connectivity index (χ3n) is 5.35. The Morgan fingerprint density at radius 3 is 2.44 bits per heavy atom. The third kappa shape index (κ3) is 6.40. The van der Waals surface area contributed by atoms with Gasteiger partial charge in [0.05, 0.1) is 0 Å². The summed E-state index contributed by atoms with van der Waals surface area (Å²) >= 11 is 0. The van der Waals surface area contributed by atoms with Gasteiger partial charge in [0.2, 0.25) is 0 Å². The first kappa shape index (κ1) is 19.4. The van der Waals surface area contributed by atoms with Crippen molar-refractivity contribution >= 4 is 17.4 Å². The van der Waals surface area contributed by atoms with Crippen molar-refractivity contribution in [1.29, 1.82) is 0 Å². The van der Waals surface area contributed by atoms with Crippen LogP contribution in [0.15, 0.2) is 54.6 Å². The number of amides is 2. The van der Waals surface area contributed by atoms with Crippen LogP contribution in [0, 0.1) is 5.92 Å². The molecule has 4 nitrogen and oxygen atoms in total. The lowest BCUT2D eigenvalue weighted by atomic mass is 9.85. The van der Waals surface area contributed by atoms with Gasteiger partial charge in [-0.1, -0.05) is 68.5 Å². The van der Waals surface area contributed by atoms with Crippen molar-refractivity contribution < 1.29 is 4.79 Å². The molecule has 2 amide bonds. The van der Waals surface area contributed by atoms with E-state index >= 15 is 0 Å². The first-order valence-corrected chi connectivity index (χ1v) is 10.1. The normalized spacial score (nSPS) is 15.9. The van der Waals surface area contributed by atoms with E-state index in [0.717, 1.165) is 29.4 Å². The fourth-order valence-corrected chi connectivity index (χ4v) is 3.89. The summed E-state index contributed by atoms with van der Waals surface area (Å²) in [4.78, 5) is 12.3. The zero-order valence-corrected chi connectivity index (χ0v) is 16.2. The van der Waals surface area contributed by atoms with Gasteiger partial charge in [-0.15, -0.1) is 0 Å². The van der Waals surface area contributed by atoms with Gasteiger partial charge in [0.25, 0.3) is 0 Å². The second kappa shape index (κ2) is 10.1. The van der Waals surface area contributed by atoms with Crippen LogP contribution in [0.2, 0.25) is 0 Å². The van der Waals surface area contributed by atoms with Gasteiger partial charge in [0.15, 0.2) is 0 Å². The molecule has 0 saturated heterocycles. The largest absolute Gasteiger partial charge is 0.323 e. The average Bonchev–Trinajstić information content (AvgIpc) is 2.69. The molecule has 0 aromatic heterocycles. The molecule has 2 aromatic carbocycles. The molecule has 4 heteroatoms. The lowest BCUT2D eigenvalue weighted by Crippen LogP contribution is -2.29. The number of anilines is 2. The van der Waals surface area contributed by atoms with E-state index in [1.165, 1.54) is 38.5 Å². The number of urea groups is 1. The summed E-state index contributed by atoms with van der Waals surface area (Å²) in [5.41, 5.74) is 2.74. The van der Waals surface area contributed by atoms with Crippen molar-refractivity contribution in [2.45, 2.75) is 58.0 Å². The summed E-state index contributed by atoms with van der Waals surface area (Å²) in [5.74, 6) is 0.867. The first-order valence-electron chi connectivity index (χ1n) is 10.1. The van der Waals surface area contributed by atoms with Crippen LogP contribution >= 0.6 is 0 Å². The van der Waals surface area contributed by atoms with E-state index in [-0.39, 0.29) is 6.03 Å². The molecule has 0 aliphatic heterocycles. The zero-order valence-electron chi connectivity index (χ0n) is 16.2. The highest BCUT2D eigenvalue weighted by Crippen LogP contribution is 2.27. The summed E-state index contributed by atoms with van der Waals surface area (Å²) in [6.07, 6.45) is 8.18. The van der Waals surface area contributed by atoms with Crippen LogP contribution in [0.5, 0.6) is 0 Å². The van der Waals surface area contributed by atoms with E-state index < -0.39 is 0 Å². The van der Waals surface area contributed by atoms with Crippen LogP contribution in [0.3, 0.4) is 0 Å². The van der Waals surface area contributed by atoms with E-state index in [9.17, 15) is 4.79 Å². The van der Waals surface area contributed by atoms with Crippen molar-refractivity contribution in [2.24, 2.45) is 5.92 Å². The van der Waals surface area contributed by atoms with Gasteiger partial charge >= 0.3 is 6.03 Å². The number of nitrogens with one attached hydrogen (secondary N) is 3. The zero-order chi connectivity index (χ0) is 18.9. The molecular formula is C23H31N3O. The highest BCUT2D eigenvalue weighted by molar-refractivity contribution is 6.00. The molecule has 1 atom stereocenters. The number of hydrogen-bond donors (Lipinski definition) is 3. The van der Waals surface area contributed by atoms with E-state index in [1.54, 1.807) is 0 Å². The van der Waals surface area contributed by atoms with Gasteiger partial charge in [-0.2, -0.15) is 0 Å². The van der Waals surface area contributed by atoms with Gasteiger partial charge in [-0.3, -0.25) is 0 Å². The van der Waals surface area contributed by atoms with Crippen LogP contribution in [0.25, 0.3) is 0 Å². The number of rotatable bonds is 7. The number of carbonyl (C=O) groups is 1. The van der Waals surface area contributed by atoms with Crippen molar-refractivity contribution in [3.8, 4) is 0 Å². The predicted molar refractivity (Wildman–Crippen MR) is 113 cm³/mol. The molecule has 0 spiro atoms. The van der Waals surface area contributed by atoms with Crippen molar-refractivity contribution in [3.63, 3.8) is 0 Å². The fraction of sp³-hybridized carbons (Fsp3) is 0.435. The molecule has 1 aliphatic carbocycles. The maximum absolute atomic E-state index is 12.3. The predicted octanol–water partition coefficient (Wildman–Crippen LogP) is 5.78. The summed E-state index contributed by atoms with van der Waals surface area (Å²) in [7, 11) is 0. The van der Waals surface area contributed by atoms with Gasteiger partial charge in [0.1, 0.15) is 0 Å². The molecule has 27 heavy (non-hydrogen) atoms. The molecule has 1 unspecified atom stereocenters. The monoisotopic (exact) mass is 365 g/mol. The van der Waals surface area contributed by atoms with Crippen molar-refractivity contribution in [3.05, 3.63) is 60.2 Å². The Labute approximate surface area is 162 Å². The molecule has 1 fully saturated rings. The summed E-state index contributed by atoms with van der Waals surface area (Å²) < 4.78 is 0. The Morgan fingerprint density at radius 2 is 1.67 bits per heavy atom. The average molecular weight is 366 g/mol. The quantitative estimate of drug-likeness (QED) is 0.582. The minimum absolute atomic E-state index is 0.219. The van der Waals surface area contributed by atoms with E-state index in [4.69, 9.17) is 0 Å². The highest BCUT2D eigenvalue weighted by atomic mass is 16.2. The fourth-order valence-electron chi connectivity index (χ4n) is 3.89. The Hall–Kier alpha value is -2.33. The Morgan fingerprint density at radius 1 is 0.963 bits per heavy atom. The first-order chi connectivity index (χ1) is 13.2. The second-order valence-corrected chi connectivity index (χ2v) is 7.62. The van der Waals surface area contributed by atoms with Crippen LogP contribution in [0.4, 0.5) is 16.2 Å². The lowest BCUT2D eigenvalue weighted by Gasteiger charge is -2.25. The number of para-hydroxylation sites is 2. The highest BCUT2D eigenvalue weighted by Gasteiger charge is 2.16. The smallest absolute Gasteiger partial charge is 0.310 e. The summed E-state index contributed by atoms with van der Waals surface area (Å²) in [6.45, 7) is 3.03. The Kier molecular flexibility index (Phi) is 7.28. The Bertz CT molecular complexity index is 711. The summed E-state index contributed by atoms with van der Waals surface area (Å²) in [6, 6.07) is 17.7. The maximum Gasteiger partial charge on any atom is 0.323 e. The van der Waals surface area contributed by atoms with Crippen LogP contribution in [-0.4, -0.2) is 12.1 Å². The van der Waals surface area contributed by atoms with Gasteiger partial charge in [-0.25, -0.2) is 4.79 Å². The molecular weight excluding hydrogens is 334 g/mol. The third-order valence-corrected chi connectivity index (χ3v) is 5.35. The molecule has 2 aromatic rings. The van der Waals surface area contributed by atoms with Gasteiger partial charge in [-0.05, 0) is 43.0 Å². The molecule has 144 valence electrons. The molecule has 0 radical (unpaired) electrons. The van der Waals surface area contributed by atoms with Gasteiger partial charge in [0, 0.05) is 24.0 Å². The van der Waals surface area contributed by atoms with Gasteiger partial charge < -0.3 is 16.0 Å². The number of benzene rings is 2. The molecule has 3 rings (SSSR count). The van der Waals surface area contributed by atoms with Crippen molar-refractivity contribution in [2.75, 3.05) is 10.6 Å². The molecule has 0 bridgehead atoms. The molecule has 1 aliphatic rings. The number of hydrogen-bond acceptors (Lipinski definition) is 2. The SMILES string of the molecule is CC(CC1CCCCC1)NCc1ccccc1NC(=O)Nc1ccccc1. The summed E-state index contributed by atoms with van der Waals surface area (Å²) in [5, 5.41) is 9.48. The topological polar surface area (TPSA) is 53.2 Å². The molecule has 1 saturated carbocycles. The standard InChI is InChI=1S/C23H31N3O/c1-18(16-19-10-4-2-5-11-19)24-17-20-12-8-9-15-22(20)26-23(27)25-21-13-6-3-7-14-21/h3,6-9,12-15,18-19,24H,2,4-5,10-11,16-17H2,1H3,(H2,25,26,27). The molecule has 0 heterocycles. The molecule has 3 N–H and O–H groups in total. The lowest BCUT2D eigenvalue weighted by molar-refractivity contribution is 0.262. The van der Waals surface area contributed by atoms with Crippen LogP contribution in [0.1, 0.15) is 51.0 Å². The van der Waals surface area contributed by atoms with Crippen molar-refractivity contribution in [1.82, 2.24) is 5.32 Å². The minimum atomic E-state index is -0.219. The minimum Gasteiger partial charge on any atom is -0.310 e. The van der Waals surface area contributed by atoms with E-state index in [2.05, 4.69) is 28.9 Å².